The zero-order valence-electron chi connectivity index (χ0n) is 23.6. The van der Waals surface area contributed by atoms with Gasteiger partial charge >= 0.3 is 11.9 Å². The maximum atomic E-state index is 13.3. The Kier molecular flexibility index (Phi) is 11.8. The Morgan fingerprint density at radius 3 is 2.56 bits per heavy atom. The van der Waals surface area contributed by atoms with Gasteiger partial charge in [-0.05, 0) is 44.9 Å². The summed E-state index contributed by atoms with van der Waals surface area (Å²) in [7, 11) is 1.41. The van der Waals surface area contributed by atoms with Gasteiger partial charge in [0, 0.05) is 25.8 Å². The minimum absolute atomic E-state index is 0.00395. The molecule has 2 heterocycles. The van der Waals surface area contributed by atoms with Gasteiger partial charge in [-0.3, -0.25) is 9.59 Å². The van der Waals surface area contributed by atoms with Crippen LogP contribution in [0.2, 0.25) is 0 Å². The molecule has 3 rings (SSSR count). The van der Waals surface area contributed by atoms with Gasteiger partial charge in [-0.15, -0.1) is 0 Å². The number of esters is 2. The van der Waals surface area contributed by atoms with Crippen LogP contribution in [0.5, 0.6) is 11.5 Å². The number of aromatic nitrogens is 1. The van der Waals surface area contributed by atoms with Crippen molar-refractivity contribution >= 4 is 17.8 Å². The number of carbonyl (C=O) groups is 3. The Labute approximate surface area is 230 Å². The first-order valence-corrected chi connectivity index (χ1v) is 13.8. The number of ether oxygens (including phenoxy) is 6. The number of hydrogen-bond acceptors (Lipinski definition) is 10. The average Bonchev–Trinajstić information content (AvgIpc) is 3.42. The summed E-state index contributed by atoms with van der Waals surface area (Å²) in [5.41, 5.74) is -0.109. The summed E-state index contributed by atoms with van der Waals surface area (Å²) in [6.45, 7) is 7.39. The lowest BCUT2D eigenvalue weighted by Gasteiger charge is -2.33. The molecule has 39 heavy (non-hydrogen) atoms. The van der Waals surface area contributed by atoms with Crippen LogP contribution in [-0.4, -0.2) is 73.8 Å². The van der Waals surface area contributed by atoms with Gasteiger partial charge in [0.15, 0.2) is 17.2 Å². The van der Waals surface area contributed by atoms with Crippen molar-refractivity contribution in [2.75, 3.05) is 20.5 Å². The van der Waals surface area contributed by atoms with Gasteiger partial charge in [-0.2, -0.15) is 0 Å². The fourth-order valence-electron chi connectivity index (χ4n) is 4.80. The van der Waals surface area contributed by atoms with E-state index in [1.807, 2.05) is 6.92 Å². The van der Waals surface area contributed by atoms with Crippen LogP contribution < -0.4 is 14.8 Å². The van der Waals surface area contributed by atoms with E-state index in [1.54, 1.807) is 0 Å². The predicted octanol–water partition coefficient (Wildman–Crippen LogP) is 3.57. The summed E-state index contributed by atoms with van der Waals surface area (Å²) < 4.78 is 34.2. The summed E-state index contributed by atoms with van der Waals surface area (Å²) in [6, 6.07) is 0.600. The van der Waals surface area contributed by atoms with Crippen LogP contribution in [0.25, 0.3) is 0 Å². The second kappa shape index (κ2) is 15.0. The number of nitrogens with zero attached hydrogens (tertiary/aromatic N) is 1. The van der Waals surface area contributed by atoms with E-state index in [4.69, 9.17) is 28.4 Å². The molecule has 218 valence electrons. The molecule has 1 N–H and O–H groups in total. The SMILES string of the molecule is COc1ccnc(C(=O)N[C@H]2CCC[C@H](OCC(C)C)[C@@H](OC3CCCC3)[C@H](C)OC2=O)c1OCOC(C)=O. The highest BCUT2D eigenvalue weighted by molar-refractivity contribution is 5.98. The number of hydrogen-bond donors (Lipinski definition) is 1. The van der Waals surface area contributed by atoms with Crippen LogP contribution in [0.3, 0.4) is 0 Å². The van der Waals surface area contributed by atoms with Gasteiger partial charge in [0.2, 0.25) is 6.79 Å². The highest BCUT2D eigenvalue weighted by Gasteiger charge is 2.38. The molecule has 1 aliphatic carbocycles. The maximum Gasteiger partial charge on any atom is 0.329 e. The highest BCUT2D eigenvalue weighted by atomic mass is 16.7. The Morgan fingerprint density at radius 2 is 1.90 bits per heavy atom. The molecule has 0 bridgehead atoms. The fourth-order valence-corrected chi connectivity index (χ4v) is 4.80. The fraction of sp³-hybridized carbons (Fsp3) is 0.714. The lowest BCUT2D eigenvalue weighted by Crippen LogP contribution is -2.46. The lowest BCUT2D eigenvalue weighted by atomic mass is 10.0. The third kappa shape index (κ3) is 9.06. The van der Waals surface area contributed by atoms with E-state index in [2.05, 4.69) is 24.1 Å². The van der Waals surface area contributed by atoms with Gasteiger partial charge in [0.25, 0.3) is 5.91 Å². The van der Waals surface area contributed by atoms with Crippen LogP contribution in [0, 0.1) is 5.92 Å². The summed E-state index contributed by atoms with van der Waals surface area (Å²) in [4.78, 5) is 41.8. The molecule has 1 aromatic heterocycles. The van der Waals surface area contributed by atoms with Gasteiger partial charge in [0.05, 0.1) is 19.3 Å². The van der Waals surface area contributed by atoms with E-state index in [0.29, 0.717) is 31.8 Å². The minimum Gasteiger partial charge on any atom is -0.493 e. The van der Waals surface area contributed by atoms with Gasteiger partial charge in [-0.1, -0.05) is 26.7 Å². The number of rotatable bonds is 11. The van der Waals surface area contributed by atoms with Crippen molar-refractivity contribution in [3.8, 4) is 11.5 Å². The molecule has 0 radical (unpaired) electrons. The molecular weight excluding hydrogens is 508 g/mol. The number of carbonyl (C=O) groups excluding carboxylic acids is 3. The van der Waals surface area contributed by atoms with Crippen molar-refractivity contribution in [3.63, 3.8) is 0 Å². The van der Waals surface area contributed by atoms with Crippen LogP contribution in [0.1, 0.15) is 83.1 Å². The van der Waals surface area contributed by atoms with E-state index in [0.717, 1.165) is 25.7 Å². The maximum absolute atomic E-state index is 13.3. The molecule has 2 aliphatic rings. The van der Waals surface area contributed by atoms with Crippen molar-refractivity contribution in [3.05, 3.63) is 18.0 Å². The van der Waals surface area contributed by atoms with Crippen molar-refractivity contribution in [1.82, 2.24) is 10.3 Å². The molecule has 11 nitrogen and oxygen atoms in total. The predicted molar refractivity (Wildman–Crippen MR) is 140 cm³/mol. The zero-order chi connectivity index (χ0) is 28.4. The van der Waals surface area contributed by atoms with Crippen LogP contribution >= 0.6 is 0 Å². The Hall–Kier alpha value is -2.92. The van der Waals surface area contributed by atoms with Crippen molar-refractivity contribution in [2.24, 2.45) is 5.92 Å². The third-order valence-corrected chi connectivity index (χ3v) is 6.77. The van der Waals surface area contributed by atoms with Gasteiger partial charge < -0.3 is 33.7 Å². The van der Waals surface area contributed by atoms with Crippen molar-refractivity contribution < 1.29 is 42.8 Å². The minimum atomic E-state index is -0.912. The van der Waals surface area contributed by atoms with Crippen LogP contribution in [0.4, 0.5) is 0 Å². The molecule has 0 aromatic carbocycles. The van der Waals surface area contributed by atoms with Gasteiger partial charge in [0.1, 0.15) is 18.2 Å². The summed E-state index contributed by atoms with van der Waals surface area (Å²) in [5, 5.41) is 2.74. The van der Waals surface area contributed by atoms with Gasteiger partial charge in [-0.25, -0.2) is 9.78 Å². The molecule has 1 saturated carbocycles. The first-order valence-electron chi connectivity index (χ1n) is 13.8. The standard InChI is InChI=1S/C28H42N2O9/c1-17(2)15-35-23-12-8-11-21(28(33)38-18(3)25(23)39-20-9-6-7-10-20)30-27(32)24-26(37-16-36-19(4)31)22(34-5)13-14-29-24/h13-14,17-18,20-21,23,25H,6-12,15-16H2,1-5H3,(H,30,32)/t18-,21-,23-,25-/m0/s1. The number of amides is 1. The molecule has 2 fully saturated rings. The molecule has 1 aromatic rings. The van der Waals surface area contributed by atoms with Crippen LogP contribution in [-0.2, 0) is 28.5 Å². The van der Waals surface area contributed by atoms with E-state index in [1.165, 1.54) is 26.3 Å². The lowest BCUT2D eigenvalue weighted by molar-refractivity contribution is -0.175. The first-order chi connectivity index (χ1) is 18.7. The normalized spacial score (nSPS) is 24.3. The van der Waals surface area contributed by atoms with E-state index >= 15 is 0 Å². The van der Waals surface area contributed by atoms with E-state index in [9.17, 15) is 14.4 Å². The first kappa shape index (κ1) is 30.6. The largest absolute Gasteiger partial charge is 0.493 e. The summed E-state index contributed by atoms with van der Waals surface area (Å²) in [6.07, 6.45) is 6.17. The van der Waals surface area contributed by atoms with Crippen molar-refractivity contribution in [2.45, 2.75) is 103 Å². The molecule has 0 unspecified atom stereocenters. The smallest absolute Gasteiger partial charge is 0.329 e. The quantitative estimate of drug-likeness (QED) is 0.322. The average molecular weight is 551 g/mol. The molecule has 4 atom stereocenters. The molecular formula is C28H42N2O9. The van der Waals surface area contributed by atoms with E-state index in [-0.39, 0.29) is 29.4 Å². The molecule has 1 amide bonds. The van der Waals surface area contributed by atoms with Crippen molar-refractivity contribution in [1.29, 1.82) is 0 Å². The summed E-state index contributed by atoms with van der Waals surface area (Å²) >= 11 is 0. The highest BCUT2D eigenvalue weighted by Crippen LogP contribution is 2.31. The number of pyridine rings is 1. The second-order valence-corrected chi connectivity index (χ2v) is 10.5. The number of methoxy groups -OCH3 is 1. The number of cyclic esters (lactones) is 1. The zero-order valence-corrected chi connectivity index (χ0v) is 23.6. The molecule has 1 saturated heterocycles. The number of nitrogens with one attached hydrogen (secondary N) is 1. The van der Waals surface area contributed by atoms with E-state index < -0.39 is 42.9 Å². The Morgan fingerprint density at radius 1 is 1.15 bits per heavy atom. The molecule has 0 spiro atoms. The third-order valence-electron chi connectivity index (χ3n) is 6.77. The monoisotopic (exact) mass is 550 g/mol. The summed E-state index contributed by atoms with van der Waals surface area (Å²) in [5.74, 6) is -1.17. The topological polar surface area (TPSA) is 132 Å². The Balaban J connectivity index is 1.75. The molecule has 11 heteroatoms. The molecule has 1 aliphatic heterocycles. The van der Waals surface area contributed by atoms with Crippen LogP contribution in [0.15, 0.2) is 12.3 Å². The Bertz CT molecular complexity index is 964. The second-order valence-electron chi connectivity index (χ2n) is 10.5.